The summed E-state index contributed by atoms with van der Waals surface area (Å²) >= 11 is 0. The molecule has 1 N–H and O–H groups in total. The predicted molar refractivity (Wildman–Crippen MR) is 113 cm³/mol. The number of hydrogen-bond acceptors (Lipinski definition) is 6. The molecule has 0 spiro atoms. The number of piperidine rings is 1. The molecule has 0 aromatic carbocycles. The van der Waals surface area contributed by atoms with E-state index in [2.05, 4.69) is 17.6 Å². The predicted octanol–water partition coefficient (Wildman–Crippen LogP) is 3.99. The zero-order valence-corrected chi connectivity index (χ0v) is 18.0. The SMILES string of the molecule is CC(C)(C)OC(=O)N1CCC(C2=CC=C(c3cccc(C4CCOC4)n3)ON2)CC1. The van der Waals surface area contributed by atoms with Gasteiger partial charge in [-0.15, -0.1) is 0 Å². The molecule has 0 aliphatic carbocycles. The minimum atomic E-state index is -0.466. The van der Waals surface area contributed by atoms with Gasteiger partial charge in [0.1, 0.15) is 11.3 Å². The van der Waals surface area contributed by atoms with E-state index in [1.807, 2.05) is 39.0 Å². The molecule has 162 valence electrons. The fraction of sp³-hybridized carbons (Fsp3) is 0.565. The first-order valence-corrected chi connectivity index (χ1v) is 10.8. The number of pyridine rings is 1. The van der Waals surface area contributed by atoms with Crippen LogP contribution in [0.5, 0.6) is 0 Å². The number of hydrogen-bond donors (Lipinski definition) is 1. The molecule has 4 rings (SSSR count). The molecule has 1 amide bonds. The van der Waals surface area contributed by atoms with Crippen molar-refractivity contribution in [1.29, 1.82) is 0 Å². The highest BCUT2D eigenvalue weighted by molar-refractivity contribution is 5.68. The Morgan fingerprint density at radius 2 is 1.97 bits per heavy atom. The van der Waals surface area contributed by atoms with Crippen LogP contribution in [0.25, 0.3) is 5.76 Å². The van der Waals surface area contributed by atoms with Crippen molar-refractivity contribution in [2.75, 3.05) is 26.3 Å². The molecule has 3 aliphatic heterocycles. The van der Waals surface area contributed by atoms with Crippen LogP contribution < -0.4 is 5.48 Å². The second-order valence-corrected chi connectivity index (χ2v) is 9.11. The van der Waals surface area contributed by atoms with E-state index in [0.29, 0.717) is 30.7 Å². The van der Waals surface area contributed by atoms with E-state index in [1.54, 1.807) is 4.90 Å². The van der Waals surface area contributed by atoms with E-state index in [4.69, 9.17) is 19.3 Å². The first-order valence-electron chi connectivity index (χ1n) is 10.8. The number of allylic oxidation sites excluding steroid dienone is 3. The summed E-state index contributed by atoms with van der Waals surface area (Å²) in [6.45, 7) is 8.58. The molecule has 1 atom stereocenters. The van der Waals surface area contributed by atoms with E-state index in [-0.39, 0.29) is 6.09 Å². The number of hydroxylamine groups is 1. The monoisotopic (exact) mass is 413 g/mol. The minimum absolute atomic E-state index is 0.233. The van der Waals surface area contributed by atoms with Crippen molar-refractivity contribution in [3.63, 3.8) is 0 Å². The Morgan fingerprint density at radius 3 is 2.60 bits per heavy atom. The van der Waals surface area contributed by atoms with Crippen LogP contribution in [0, 0.1) is 5.92 Å². The third-order valence-electron chi connectivity index (χ3n) is 5.65. The Balaban J connectivity index is 1.36. The van der Waals surface area contributed by atoms with Gasteiger partial charge in [-0.05, 0) is 64.3 Å². The lowest BCUT2D eigenvalue weighted by Crippen LogP contribution is -2.42. The van der Waals surface area contributed by atoms with Crippen LogP contribution in [0.1, 0.15) is 57.3 Å². The molecule has 1 aromatic rings. The molecule has 1 unspecified atom stereocenters. The zero-order chi connectivity index (χ0) is 21.1. The van der Waals surface area contributed by atoms with Crippen LogP contribution in [0.3, 0.4) is 0 Å². The molecule has 7 nitrogen and oxygen atoms in total. The van der Waals surface area contributed by atoms with Crippen molar-refractivity contribution in [3.8, 4) is 0 Å². The lowest BCUT2D eigenvalue weighted by Gasteiger charge is -2.34. The topological polar surface area (TPSA) is 72.9 Å². The van der Waals surface area contributed by atoms with Crippen molar-refractivity contribution >= 4 is 11.9 Å². The van der Waals surface area contributed by atoms with E-state index in [1.165, 1.54) is 0 Å². The second-order valence-electron chi connectivity index (χ2n) is 9.11. The largest absolute Gasteiger partial charge is 0.444 e. The Bertz CT molecular complexity index is 829. The maximum absolute atomic E-state index is 12.2. The van der Waals surface area contributed by atoms with Crippen molar-refractivity contribution < 1.29 is 19.1 Å². The van der Waals surface area contributed by atoms with E-state index in [0.717, 1.165) is 49.6 Å². The molecule has 2 fully saturated rings. The number of carbonyl (C=O) groups is 1. The number of carbonyl (C=O) groups excluding carboxylic acids is 1. The van der Waals surface area contributed by atoms with Gasteiger partial charge < -0.3 is 19.2 Å². The van der Waals surface area contributed by atoms with Crippen molar-refractivity contribution in [2.45, 2.75) is 51.6 Å². The van der Waals surface area contributed by atoms with Crippen LogP contribution in [-0.4, -0.2) is 47.9 Å². The molecule has 0 saturated carbocycles. The smallest absolute Gasteiger partial charge is 0.410 e. The standard InChI is InChI=1S/C23H31N3O4/c1-23(2,3)29-22(27)26-12-9-16(10-13-26)19-7-8-21(30-25-19)20-6-4-5-18(24-20)17-11-14-28-15-17/h4-8,16-17,25H,9-15H2,1-3H3. The zero-order valence-electron chi connectivity index (χ0n) is 18.0. The van der Waals surface area contributed by atoms with Crippen LogP contribution in [0.4, 0.5) is 4.79 Å². The average molecular weight is 414 g/mol. The number of likely N-dealkylation sites (tertiary alicyclic amines) is 1. The Labute approximate surface area is 178 Å². The second kappa shape index (κ2) is 8.68. The number of rotatable bonds is 3. The maximum Gasteiger partial charge on any atom is 0.410 e. The summed E-state index contributed by atoms with van der Waals surface area (Å²) in [5.41, 5.74) is 5.56. The number of nitrogens with one attached hydrogen (secondary N) is 1. The first kappa shape index (κ1) is 20.7. The van der Waals surface area contributed by atoms with Crippen molar-refractivity contribution in [3.05, 3.63) is 47.4 Å². The molecule has 30 heavy (non-hydrogen) atoms. The fourth-order valence-electron chi connectivity index (χ4n) is 3.99. The van der Waals surface area contributed by atoms with Gasteiger partial charge in [-0.1, -0.05) is 6.07 Å². The van der Waals surface area contributed by atoms with E-state index >= 15 is 0 Å². The highest BCUT2D eigenvalue weighted by Crippen LogP contribution is 2.29. The molecule has 4 heterocycles. The van der Waals surface area contributed by atoms with Gasteiger partial charge in [-0.2, -0.15) is 0 Å². The number of nitrogens with zero attached hydrogens (tertiary/aromatic N) is 2. The third kappa shape index (κ3) is 4.95. The van der Waals surface area contributed by atoms with Gasteiger partial charge >= 0.3 is 6.09 Å². The normalized spacial score (nSPS) is 22.6. The maximum atomic E-state index is 12.2. The lowest BCUT2D eigenvalue weighted by atomic mass is 9.93. The lowest BCUT2D eigenvalue weighted by molar-refractivity contribution is 0.0185. The van der Waals surface area contributed by atoms with Crippen LogP contribution >= 0.6 is 0 Å². The van der Waals surface area contributed by atoms with Crippen LogP contribution in [0.2, 0.25) is 0 Å². The molecule has 1 aromatic heterocycles. The summed E-state index contributed by atoms with van der Waals surface area (Å²) in [4.78, 5) is 24.6. The van der Waals surface area contributed by atoms with Crippen LogP contribution in [-0.2, 0) is 14.3 Å². The summed E-state index contributed by atoms with van der Waals surface area (Å²) < 4.78 is 11.0. The van der Waals surface area contributed by atoms with Crippen molar-refractivity contribution in [2.24, 2.45) is 5.92 Å². The minimum Gasteiger partial charge on any atom is -0.444 e. The van der Waals surface area contributed by atoms with Gasteiger partial charge in [0.2, 0.25) is 0 Å². The molecule has 2 saturated heterocycles. The summed E-state index contributed by atoms with van der Waals surface area (Å²) in [6.07, 6.45) is 6.58. The number of amides is 1. The molecule has 7 heteroatoms. The average Bonchev–Trinajstić information content (AvgIpc) is 3.28. The number of aromatic nitrogens is 1. The molecular weight excluding hydrogens is 382 g/mol. The first-order chi connectivity index (χ1) is 14.4. The van der Waals surface area contributed by atoms with Gasteiger partial charge in [0.25, 0.3) is 0 Å². The summed E-state index contributed by atoms with van der Waals surface area (Å²) in [7, 11) is 0. The van der Waals surface area contributed by atoms with Gasteiger partial charge in [0, 0.05) is 37.2 Å². The van der Waals surface area contributed by atoms with E-state index in [9.17, 15) is 4.79 Å². The summed E-state index contributed by atoms with van der Waals surface area (Å²) in [5.74, 6) is 1.41. The van der Waals surface area contributed by atoms with Crippen molar-refractivity contribution in [1.82, 2.24) is 15.4 Å². The highest BCUT2D eigenvalue weighted by Gasteiger charge is 2.29. The Hall–Kier alpha value is -2.54. The van der Waals surface area contributed by atoms with Gasteiger partial charge in [-0.3, -0.25) is 0 Å². The summed E-state index contributed by atoms with van der Waals surface area (Å²) in [5, 5.41) is 0. The Kier molecular flexibility index (Phi) is 5.99. The molecule has 0 bridgehead atoms. The quantitative estimate of drug-likeness (QED) is 0.808. The third-order valence-corrected chi connectivity index (χ3v) is 5.65. The summed E-state index contributed by atoms with van der Waals surface area (Å²) in [6, 6.07) is 6.04. The Morgan fingerprint density at radius 1 is 1.17 bits per heavy atom. The van der Waals surface area contributed by atoms with Crippen LogP contribution in [0.15, 0.2) is 36.0 Å². The van der Waals surface area contributed by atoms with Gasteiger partial charge in [-0.25, -0.2) is 15.3 Å². The molecular formula is C23H31N3O4. The van der Waals surface area contributed by atoms with E-state index < -0.39 is 5.60 Å². The fourth-order valence-corrected chi connectivity index (χ4v) is 3.99. The molecule has 3 aliphatic rings. The van der Waals surface area contributed by atoms with Gasteiger partial charge in [0.15, 0.2) is 5.76 Å². The van der Waals surface area contributed by atoms with Gasteiger partial charge in [0.05, 0.1) is 12.3 Å². The highest BCUT2D eigenvalue weighted by atomic mass is 16.6. The molecule has 0 radical (unpaired) electrons. The number of ether oxygens (including phenoxy) is 2.